The van der Waals surface area contributed by atoms with E-state index in [1.807, 2.05) is 30.3 Å². The number of hydrogen-bond acceptors (Lipinski definition) is 6. The first-order valence-electron chi connectivity index (χ1n) is 18.0. The summed E-state index contributed by atoms with van der Waals surface area (Å²) in [6, 6.07) is 17.3. The van der Waals surface area contributed by atoms with E-state index in [1.54, 1.807) is 12.1 Å². The number of ether oxygens (including phenoxy) is 1. The monoisotopic (exact) mass is 826 g/mol. The second kappa shape index (κ2) is 13.7. The van der Waals surface area contributed by atoms with Gasteiger partial charge in [0.1, 0.15) is 23.9 Å². The van der Waals surface area contributed by atoms with Crippen molar-refractivity contribution in [2.45, 2.75) is 44.6 Å². The third kappa shape index (κ3) is 6.21. The highest BCUT2D eigenvalue weighted by Gasteiger charge is 2.68. The number of allylic oxidation sites excluding steroid dienone is 2. The third-order valence-corrected chi connectivity index (χ3v) is 12.1. The van der Waals surface area contributed by atoms with Crippen molar-refractivity contribution in [3.05, 3.63) is 130 Å². The molecule has 2 saturated heterocycles. The predicted molar refractivity (Wildman–Crippen MR) is 194 cm³/mol. The normalized spacial score (nSPS) is 25.7. The van der Waals surface area contributed by atoms with Gasteiger partial charge in [0.25, 0.3) is 0 Å². The second-order valence-corrected chi connectivity index (χ2v) is 15.4. The Morgan fingerprint density at radius 1 is 0.793 bits per heavy atom. The molecular formula is C42H30ClF7N2O6. The van der Waals surface area contributed by atoms with E-state index in [2.05, 4.69) is 0 Å². The van der Waals surface area contributed by atoms with Crippen LogP contribution in [0.25, 0.3) is 0 Å². The van der Waals surface area contributed by atoms with E-state index < -0.39 is 93.6 Å². The average Bonchev–Trinajstić information content (AvgIpc) is 3.54. The molecule has 0 spiro atoms. The summed E-state index contributed by atoms with van der Waals surface area (Å²) in [4.78, 5) is 58.6. The number of alkyl halides is 6. The third-order valence-electron chi connectivity index (χ3n) is 11.8. The molecule has 4 aliphatic rings. The summed E-state index contributed by atoms with van der Waals surface area (Å²) < 4.78 is 103. The molecule has 2 aliphatic carbocycles. The number of hydrogen-bond donors (Lipinski definition) is 1. The first-order chi connectivity index (χ1) is 27.3. The fraction of sp³-hybridized carbons (Fsp3) is 0.286. The first kappa shape index (κ1) is 39.1. The van der Waals surface area contributed by atoms with E-state index in [4.69, 9.17) is 16.3 Å². The Kier molecular flexibility index (Phi) is 9.25. The smallest absolute Gasteiger partial charge is 0.416 e. The SMILES string of the molecule is C[C@@]12C(=O)N(c3ccc(F)c(Cl)c3)C(=O)[C@@H]1C[C@@H]1C(=CC[C@@H]3C(=O)N(c4cc(C(F)(F)F)cc(C(F)(F)F)c4)C(=O)[C@@H]31)[C@@H]2c1ccc(OCc2ccccc2)cc1O. The number of halogens is 8. The standard InChI is InChI=1S/C42H30ClF7N2O6/c1-40-30(37(55)52(39(40)57)23-7-12-32(44)31(43)16-23)18-29-26(35(40)27-9-8-25(17-33(27)53)58-19-20-5-3-2-4-6-20)10-11-28-34(29)38(56)51(36(28)54)24-14-21(41(45,46)47)13-22(15-24)42(48,49)50/h2-10,12-17,28-30,34-35,53H,11,18-19H2,1H3/t28-,29+,30-,34-,35+,40+/m0/s1. The number of rotatable bonds is 6. The Bertz CT molecular complexity index is 2400. The lowest BCUT2D eigenvalue weighted by atomic mass is 9.51. The number of phenolic OH excluding ortho intramolecular Hbond substituents is 1. The predicted octanol–water partition coefficient (Wildman–Crippen LogP) is 9.24. The number of aromatic hydroxyl groups is 1. The van der Waals surface area contributed by atoms with Crippen LogP contribution >= 0.6 is 11.6 Å². The maximum Gasteiger partial charge on any atom is 0.416 e. The van der Waals surface area contributed by atoms with Gasteiger partial charge in [-0.15, -0.1) is 0 Å². The van der Waals surface area contributed by atoms with Gasteiger partial charge in [-0.2, -0.15) is 26.3 Å². The Hall–Kier alpha value is -5.70. The molecule has 0 unspecified atom stereocenters. The lowest BCUT2D eigenvalue weighted by Crippen LogP contribution is -2.48. The number of fused-ring (bicyclic) bond motifs is 4. The van der Waals surface area contributed by atoms with Crippen molar-refractivity contribution in [2.24, 2.45) is 29.1 Å². The van der Waals surface area contributed by atoms with Gasteiger partial charge in [0.15, 0.2) is 0 Å². The molecule has 0 aromatic heterocycles. The zero-order valence-corrected chi connectivity index (χ0v) is 30.8. The highest BCUT2D eigenvalue weighted by Crippen LogP contribution is 2.64. The Morgan fingerprint density at radius 3 is 2.09 bits per heavy atom. The van der Waals surface area contributed by atoms with E-state index in [-0.39, 0.29) is 53.3 Å². The van der Waals surface area contributed by atoms with Crippen molar-refractivity contribution in [3.8, 4) is 11.5 Å². The maximum absolute atomic E-state index is 14.7. The van der Waals surface area contributed by atoms with Gasteiger partial charge in [0.05, 0.1) is 50.7 Å². The lowest BCUT2D eigenvalue weighted by molar-refractivity contribution is -0.143. The molecule has 4 aromatic rings. The molecule has 6 atom stereocenters. The molecule has 300 valence electrons. The highest BCUT2D eigenvalue weighted by atomic mass is 35.5. The van der Waals surface area contributed by atoms with Gasteiger partial charge in [-0.25, -0.2) is 14.2 Å². The number of phenols is 1. The van der Waals surface area contributed by atoms with Gasteiger partial charge in [-0.1, -0.05) is 59.6 Å². The van der Waals surface area contributed by atoms with E-state index in [1.165, 1.54) is 25.1 Å². The number of imide groups is 2. The Labute approximate surface area is 330 Å². The van der Waals surface area contributed by atoms with Crippen molar-refractivity contribution < 1.29 is 59.8 Å². The van der Waals surface area contributed by atoms with Crippen LogP contribution in [0.15, 0.2) is 96.6 Å². The summed E-state index contributed by atoms with van der Waals surface area (Å²) in [7, 11) is 0. The minimum atomic E-state index is -5.26. The molecule has 8 nitrogen and oxygen atoms in total. The molecule has 2 heterocycles. The summed E-state index contributed by atoms with van der Waals surface area (Å²) in [5.74, 6) is -10.6. The van der Waals surface area contributed by atoms with Crippen molar-refractivity contribution in [3.63, 3.8) is 0 Å². The molecule has 1 N–H and O–H groups in total. The molecule has 16 heteroatoms. The minimum Gasteiger partial charge on any atom is -0.508 e. The summed E-state index contributed by atoms with van der Waals surface area (Å²) in [5.41, 5.74) is -4.73. The molecule has 4 aromatic carbocycles. The second-order valence-electron chi connectivity index (χ2n) is 15.0. The number of benzene rings is 4. The number of nitrogens with zero attached hydrogens (tertiary/aromatic N) is 2. The van der Waals surface area contributed by atoms with Gasteiger partial charge in [-0.3, -0.25) is 19.2 Å². The quantitative estimate of drug-likeness (QED) is 0.118. The summed E-state index contributed by atoms with van der Waals surface area (Å²) in [6.07, 6.45) is -9.36. The summed E-state index contributed by atoms with van der Waals surface area (Å²) >= 11 is 6.05. The van der Waals surface area contributed by atoms with Crippen molar-refractivity contribution in [2.75, 3.05) is 9.80 Å². The Balaban J connectivity index is 1.23. The van der Waals surface area contributed by atoms with E-state index in [9.17, 15) is 55.0 Å². The van der Waals surface area contributed by atoms with Gasteiger partial charge >= 0.3 is 12.4 Å². The Morgan fingerprint density at radius 2 is 1.47 bits per heavy atom. The average molecular weight is 827 g/mol. The van der Waals surface area contributed by atoms with E-state index in [0.717, 1.165) is 22.6 Å². The van der Waals surface area contributed by atoms with E-state index in [0.29, 0.717) is 22.6 Å². The zero-order valence-electron chi connectivity index (χ0n) is 30.1. The van der Waals surface area contributed by atoms with E-state index >= 15 is 0 Å². The van der Waals surface area contributed by atoms with Gasteiger partial charge in [-0.05, 0) is 73.7 Å². The van der Waals surface area contributed by atoms with Crippen LogP contribution in [-0.2, 0) is 38.1 Å². The molecule has 2 aliphatic heterocycles. The van der Waals surface area contributed by atoms with Crippen LogP contribution in [0.1, 0.15) is 47.9 Å². The van der Waals surface area contributed by atoms with Gasteiger partial charge in [0, 0.05) is 17.5 Å². The molecule has 58 heavy (non-hydrogen) atoms. The summed E-state index contributed by atoms with van der Waals surface area (Å²) in [6.45, 7) is 1.66. The molecule has 0 bridgehead atoms. The van der Waals surface area contributed by atoms with Crippen molar-refractivity contribution in [1.82, 2.24) is 0 Å². The lowest BCUT2D eigenvalue weighted by Gasteiger charge is -2.49. The van der Waals surface area contributed by atoms with Crippen LogP contribution in [0.5, 0.6) is 11.5 Å². The van der Waals surface area contributed by atoms with Crippen LogP contribution < -0.4 is 14.5 Å². The fourth-order valence-corrected chi connectivity index (χ4v) is 9.32. The van der Waals surface area contributed by atoms with Crippen LogP contribution in [0.4, 0.5) is 42.1 Å². The maximum atomic E-state index is 14.7. The minimum absolute atomic E-state index is 0.0530. The number of anilines is 2. The molecular weight excluding hydrogens is 797 g/mol. The van der Waals surface area contributed by atoms with Crippen molar-refractivity contribution >= 4 is 46.6 Å². The number of amides is 4. The van der Waals surface area contributed by atoms with Crippen molar-refractivity contribution in [1.29, 1.82) is 0 Å². The fourth-order valence-electron chi connectivity index (χ4n) is 9.15. The zero-order chi connectivity index (χ0) is 41.6. The molecule has 4 amide bonds. The highest BCUT2D eigenvalue weighted by molar-refractivity contribution is 6.32. The topological polar surface area (TPSA) is 104 Å². The van der Waals surface area contributed by atoms with Gasteiger partial charge in [0.2, 0.25) is 23.6 Å². The molecule has 3 fully saturated rings. The molecule has 1 saturated carbocycles. The first-order valence-corrected chi connectivity index (χ1v) is 18.4. The molecule has 0 radical (unpaired) electrons. The number of carbonyl (C=O) groups excluding carboxylic acids is 4. The van der Waals surface area contributed by atoms with Gasteiger partial charge < -0.3 is 9.84 Å². The van der Waals surface area contributed by atoms with Crippen LogP contribution in [-0.4, -0.2) is 28.7 Å². The van der Waals surface area contributed by atoms with Crippen LogP contribution in [0.3, 0.4) is 0 Å². The largest absolute Gasteiger partial charge is 0.508 e. The van der Waals surface area contributed by atoms with Crippen LogP contribution in [0.2, 0.25) is 5.02 Å². The molecule has 8 rings (SSSR count). The number of carbonyl (C=O) groups is 4. The van der Waals surface area contributed by atoms with Crippen LogP contribution in [0, 0.1) is 34.9 Å². The summed E-state index contributed by atoms with van der Waals surface area (Å²) in [5, 5.41) is 11.3.